The summed E-state index contributed by atoms with van der Waals surface area (Å²) in [5.41, 5.74) is 3.66. The second kappa shape index (κ2) is 4.35. The molecule has 0 aromatic heterocycles. The normalized spacial score (nSPS) is 19.9. The van der Waals surface area contributed by atoms with Gasteiger partial charge in [-0.15, -0.1) is 0 Å². The smallest absolute Gasteiger partial charge is 0.0384 e. The first-order valence-electron chi connectivity index (χ1n) is 5.46. The number of nitrogens with one attached hydrogen (secondary N) is 1. The van der Waals surface area contributed by atoms with Gasteiger partial charge < -0.3 is 5.32 Å². The summed E-state index contributed by atoms with van der Waals surface area (Å²) in [6.45, 7) is 4.33. The fourth-order valence-corrected chi connectivity index (χ4v) is 1.62. The van der Waals surface area contributed by atoms with E-state index in [9.17, 15) is 0 Å². The van der Waals surface area contributed by atoms with Gasteiger partial charge in [-0.2, -0.15) is 0 Å². The third-order valence-electron chi connectivity index (χ3n) is 2.65. The molecule has 1 N–H and O–H groups in total. The molecule has 0 saturated heterocycles. The Morgan fingerprint density at radius 2 is 1.93 bits per heavy atom. The third-order valence-corrected chi connectivity index (χ3v) is 2.65. The topological polar surface area (TPSA) is 12.0 Å². The zero-order chi connectivity index (χ0) is 10.7. The highest BCUT2D eigenvalue weighted by molar-refractivity contribution is 5.51. The maximum absolute atomic E-state index is 3.40. The van der Waals surface area contributed by atoms with Crippen molar-refractivity contribution in [1.29, 1.82) is 0 Å². The molecule has 1 aromatic carbocycles. The molecule has 0 radical (unpaired) electrons. The lowest BCUT2D eigenvalue weighted by Gasteiger charge is -2.13. The molecule has 0 heterocycles. The summed E-state index contributed by atoms with van der Waals surface area (Å²) >= 11 is 0. The second-order valence-electron chi connectivity index (χ2n) is 4.22. The van der Waals surface area contributed by atoms with Gasteiger partial charge in [0.1, 0.15) is 0 Å². The van der Waals surface area contributed by atoms with Gasteiger partial charge in [-0.05, 0) is 37.5 Å². The summed E-state index contributed by atoms with van der Waals surface area (Å²) < 4.78 is 0. The quantitative estimate of drug-likeness (QED) is 0.762. The number of hydrogen-bond acceptors (Lipinski definition) is 1. The van der Waals surface area contributed by atoms with E-state index >= 15 is 0 Å². The average Bonchev–Trinajstić information content (AvgIpc) is 2.25. The van der Waals surface area contributed by atoms with Crippen LogP contribution in [0.2, 0.25) is 0 Å². The molecule has 0 saturated carbocycles. The van der Waals surface area contributed by atoms with Crippen molar-refractivity contribution >= 4 is 5.69 Å². The molecule has 0 amide bonds. The van der Waals surface area contributed by atoms with Crippen LogP contribution in [0.1, 0.15) is 18.9 Å². The Labute approximate surface area is 91.5 Å². The van der Waals surface area contributed by atoms with Crippen molar-refractivity contribution in [3.05, 3.63) is 53.8 Å². The first kappa shape index (κ1) is 10.0. The van der Waals surface area contributed by atoms with E-state index in [1.54, 1.807) is 0 Å². The third kappa shape index (κ3) is 2.72. The van der Waals surface area contributed by atoms with E-state index in [-0.39, 0.29) is 0 Å². The maximum atomic E-state index is 3.40. The Balaban J connectivity index is 2.04. The lowest BCUT2D eigenvalue weighted by molar-refractivity contribution is 0.731. The zero-order valence-electron chi connectivity index (χ0n) is 9.33. The number of allylic oxidation sites excluding steroid dienone is 3. The van der Waals surface area contributed by atoms with Crippen molar-refractivity contribution in [3.63, 3.8) is 0 Å². The molecule has 0 aliphatic heterocycles. The van der Waals surface area contributed by atoms with Gasteiger partial charge in [-0.25, -0.2) is 0 Å². The number of rotatable bonds is 2. The minimum atomic E-state index is 0.675. The van der Waals surface area contributed by atoms with Crippen LogP contribution in [0.4, 0.5) is 5.69 Å². The lowest BCUT2D eigenvalue weighted by Crippen LogP contribution is -2.02. The van der Waals surface area contributed by atoms with Gasteiger partial charge in [0.2, 0.25) is 0 Å². The average molecular weight is 199 g/mol. The minimum Gasteiger partial charge on any atom is -0.356 e. The molecule has 1 aliphatic rings. The predicted octanol–water partition coefficient (Wildman–Crippen LogP) is 3.89. The molecule has 1 nitrogen and oxygen atoms in total. The summed E-state index contributed by atoms with van der Waals surface area (Å²) in [5, 5.41) is 3.40. The number of hydrogen-bond donors (Lipinski definition) is 1. The van der Waals surface area contributed by atoms with Gasteiger partial charge in [0.25, 0.3) is 0 Å². The monoisotopic (exact) mass is 199 g/mol. The van der Waals surface area contributed by atoms with Crippen molar-refractivity contribution in [1.82, 2.24) is 0 Å². The van der Waals surface area contributed by atoms with E-state index < -0.39 is 0 Å². The van der Waals surface area contributed by atoms with Crippen LogP contribution in [-0.4, -0.2) is 0 Å². The van der Waals surface area contributed by atoms with Crippen LogP contribution >= 0.6 is 0 Å². The number of aryl methyl sites for hydroxylation is 1. The Kier molecular flexibility index (Phi) is 2.91. The molecule has 1 atom stereocenters. The zero-order valence-corrected chi connectivity index (χ0v) is 9.33. The highest BCUT2D eigenvalue weighted by atomic mass is 14.9. The predicted molar refractivity (Wildman–Crippen MR) is 65.8 cm³/mol. The van der Waals surface area contributed by atoms with E-state index in [1.165, 1.54) is 11.3 Å². The van der Waals surface area contributed by atoms with E-state index in [0.29, 0.717) is 5.92 Å². The summed E-state index contributed by atoms with van der Waals surface area (Å²) in [4.78, 5) is 0. The first-order valence-corrected chi connectivity index (χ1v) is 5.46. The van der Waals surface area contributed by atoms with Crippen LogP contribution in [0, 0.1) is 12.8 Å². The van der Waals surface area contributed by atoms with E-state index in [0.717, 1.165) is 12.1 Å². The van der Waals surface area contributed by atoms with Crippen LogP contribution in [0.25, 0.3) is 0 Å². The Morgan fingerprint density at radius 3 is 2.53 bits per heavy atom. The van der Waals surface area contributed by atoms with Crippen molar-refractivity contribution in [2.75, 3.05) is 5.32 Å². The molecule has 0 unspecified atom stereocenters. The summed E-state index contributed by atoms with van der Waals surface area (Å²) in [6.07, 6.45) is 7.79. The fraction of sp³-hybridized carbons (Fsp3) is 0.286. The van der Waals surface area contributed by atoms with E-state index in [4.69, 9.17) is 0 Å². The molecule has 1 aliphatic carbocycles. The molecular formula is C14H17N. The van der Waals surface area contributed by atoms with Crippen LogP contribution in [0.5, 0.6) is 0 Å². The van der Waals surface area contributed by atoms with Crippen molar-refractivity contribution in [2.24, 2.45) is 5.92 Å². The lowest BCUT2D eigenvalue weighted by atomic mass is 10.0. The molecule has 0 fully saturated rings. The highest BCUT2D eigenvalue weighted by Gasteiger charge is 2.02. The summed E-state index contributed by atoms with van der Waals surface area (Å²) in [6, 6.07) is 8.47. The maximum Gasteiger partial charge on any atom is 0.0384 e. The Morgan fingerprint density at radius 1 is 1.20 bits per heavy atom. The number of benzene rings is 1. The van der Waals surface area contributed by atoms with Crippen LogP contribution < -0.4 is 5.32 Å². The standard InChI is InChI=1S/C14H17N/c1-11-3-7-13(8-4-11)15-14-9-5-12(2)6-10-14/h3-5,7-10,12,15H,6H2,1-2H3/t12-/m0/s1. The van der Waals surface area contributed by atoms with Crippen LogP contribution in [-0.2, 0) is 0 Å². The van der Waals surface area contributed by atoms with Crippen molar-refractivity contribution < 1.29 is 0 Å². The Bertz CT molecular complexity index is 384. The second-order valence-corrected chi connectivity index (χ2v) is 4.22. The molecule has 0 spiro atoms. The summed E-state index contributed by atoms with van der Waals surface area (Å²) in [5.74, 6) is 0.675. The van der Waals surface area contributed by atoms with E-state index in [1.807, 2.05) is 0 Å². The number of anilines is 1. The Hall–Kier alpha value is -1.50. The van der Waals surface area contributed by atoms with Crippen molar-refractivity contribution in [2.45, 2.75) is 20.3 Å². The van der Waals surface area contributed by atoms with E-state index in [2.05, 4.69) is 61.7 Å². The van der Waals surface area contributed by atoms with Gasteiger partial charge in [0, 0.05) is 11.4 Å². The van der Waals surface area contributed by atoms with Gasteiger partial charge in [0.15, 0.2) is 0 Å². The highest BCUT2D eigenvalue weighted by Crippen LogP contribution is 2.18. The van der Waals surface area contributed by atoms with Gasteiger partial charge in [-0.1, -0.05) is 36.8 Å². The molecule has 2 rings (SSSR count). The molecule has 1 aromatic rings. The molecule has 0 bridgehead atoms. The molecule has 15 heavy (non-hydrogen) atoms. The van der Waals surface area contributed by atoms with Gasteiger partial charge in [0.05, 0.1) is 0 Å². The molecular weight excluding hydrogens is 182 g/mol. The largest absolute Gasteiger partial charge is 0.356 e. The molecule has 1 heteroatoms. The minimum absolute atomic E-state index is 0.675. The van der Waals surface area contributed by atoms with Gasteiger partial charge in [-0.3, -0.25) is 0 Å². The fourth-order valence-electron chi connectivity index (χ4n) is 1.62. The SMILES string of the molecule is Cc1ccc(NC2=CC[C@@H](C)C=C2)cc1. The van der Waals surface area contributed by atoms with Gasteiger partial charge >= 0.3 is 0 Å². The van der Waals surface area contributed by atoms with Crippen molar-refractivity contribution in [3.8, 4) is 0 Å². The van der Waals surface area contributed by atoms with Crippen LogP contribution in [0.15, 0.2) is 48.2 Å². The summed E-state index contributed by atoms with van der Waals surface area (Å²) in [7, 11) is 0. The van der Waals surface area contributed by atoms with Crippen LogP contribution in [0.3, 0.4) is 0 Å². The first-order chi connectivity index (χ1) is 7.24. The molecule has 78 valence electrons.